The summed E-state index contributed by atoms with van der Waals surface area (Å²) in [5.41, 5.74) is 8.44. The smallest absolute Gasteiger partial charge is 0.258 e. The van der Waals surface area contributed by atoms with Crippen LogP contribution in [0.5, 0.6) is 0 Å². The summed E-state index contributed by atoms with van der Waals surface area (Å²) in [6.07, 6.45) is 3.32. The second-order valence-corrected chi connectivity index (χ2v) is 6.06. The minimum absolute atomic E-state index is 0.129. The van der Waals surface area contributed by atoms with E-state index < -0.39 is 0 Å². The Balaban J connectivity index is 1.98. The highest BCUT2D eigenvalue weighted by Crippen LogP contribution is 2.30. The van der Waals surface area contributed by atoms with E-state index in [0.717, 1.165) is 16.6 Å². The van der Waals surface area contributed by atoms with E-state index in [4.69, 9.17) is 10.3 Å². The summed E-state index contributed by atoms with van der Waals surface area (Å²) in [7, 11) is 0. The fourth-order valence-corrected chi connectivity index (χ4v) is 1.96. The molecule has 0 aliphatic carbocycles. The number of nitrogens with two attached hydrogens (primary N) is 1. The molecule has 0 aliphatic heterocycles. The van der Waals surface area contributed by atoms with Crippen molar-refractivity contribution in [3.8, 4) is 11.5 Å². The molecule has 1 unspecified atom stereocenters. The molecule has 6 nitrogen and oxygen atoms in total. The molecular formula is C15H17N5O. The molecular weight excluding hydrogens is 266 g/mol. The summed E-state index contributed by atoms with van der Waals surface area (Å²) in [4.78, 5) is 12.9. The van der Waals surface area contributed by atoms with Crippen LogP contribution in [0.1, 0.15) is 32.6 Å². The van der Waals surface area contributed by atoms with Gasteiger partial charge in [-0.15, -0.1) is 0 Å². The summed E-state index contributed by atoms with van der Waals surface area (Å²) in [6, 6.07) is 5.36. The van der Waals surface area contributed by atoms with E-state index in [1.54, 1.807) is 12.4 Å². The van der Waals surface area contributed by atoms with Crippen molar-refractivity contribution >= 4 is 11.0 Å². The van der Waals surface area contributed by atoms with E-state index in [2.05, 4.69) is 20.1 Å². The van der Waals surface area contributed by atoms with Crippen LogP contribution < -0.4 is 5.73 Å². The maximum Gasteiger partial charge on any atom is 0.258 e. The van der Waals surface area contributed by atoms with Crippen LogP contribution in [0.15, 0.2) is 35.1 Å². The molecule has 21 heavy (non-hydrogen) atoms. The summed E-state index contributed by atoms with van der Waals surface area (Å²) >= 11 is 0. The molecule has 3 rings (SSSR count). The molecule has 0 radical (unpaired) electrons. The van der Waals surface area contributed by atoms with Crippen LogP contribution in [0.4, 0.5) is 0 Å². The molecule has 0 spiro atoms. The van der Waals surface area contributed by atoms with Crippen molar-refractivity contribution in [1.82, 2.24) is 20.1 Å². The fraction of sp³-hybridized carbons (Fsp3) is 0.333. The van der Waals surface area contributed by atoms with E-state index in [1.807, 2.05) is 39.0 Å². The second kappa shape index (κ2) is 4.89. The van der Waals surface area contributed by atoms with Crippen LogP contribution in [0.25, 0.3) is 22.5 Å². The Morgan fingerprint density at radius 1 is 1.10 bits per heavy atom. The Labute approximate surface area is 122 Å². The van der Waals surface area contributed by atoms with Gasteiger partial charge >= 0.3 is 0 Å². The number of aromatic nitrogens is 4. The molecule has 1 atom stereocenters. The van der Waals surface area contributed by atoms with Gasteiger partial charge in [0.15, 0.2) is 5.82 Å². The summed E-state index contributed by atoms with van der Waals surface area (Å²) in [6.45, 7) is 6.12. The molecule has 2 heterocycles. The summed E-state index contributed by atoms with van der Waals surface area (Å²) in [5, 5.41) is 3.99. The van der Waals surface area contributed by atoms with Crippen molar-refractivity contribution in [2.45, 2.75) is 26.8 Å². The van der Waals surface area contributed by atoms with Gasteiger partial charge in [-0.2, -0.15) is 4.98 Å². The SMILES string of the molecule is CC(C)(C)C(N)c1noc(-c2ccc3nccnc3c2)n1. The number of nitrogens with zero attached hydrogens (tertiary/aromatic N) is 4. The van der Waals surface area contributed by atoms with E-state index in [-0.39, 0.29) is 11.5 Å². The standard InChI is InChI=1S/C15H17N5O/c1-15(2,3)12(16)13-19-14(21-20-13)9-4-5-10-11(8-9)18-7-6-17-10/h4-8,12H,16H2,1-3H3. The summed E-state index contributed by atoms with van der Waals surface area (Å²) < 4.78 is 5.33. The molecule has 3 aromatic rings. The first kappa shape index (κ1) is 13.6. The van der Waals surface area contributed by atoms with Crippen LogP contribution in [0, 0.1) is 5.41 Å². The lowest BCUT2D eigenvalue weighted by molar-refractivity contribution is 0.303. The Morgan fingerprint density at radius 2 is 1.81 bits per heavy atom. The highest BCUT2D eigenvalue weighted by Gasteiger charge is 2.27. The first-order valence-electron chi connectivity index (χ1n) is 6.75. The van der Waals surface area contributed by atoms with Crippen molar-refractivity contribution < 1.29 is 4.52 Å². The third kappa shape index (κ3) is 2.62. The fourth-order valence-electron chi connectivity index (χ4n) is 1.96. The lowest BCUT2D eigenvalue weighted by atomic mass is 9.87. The zero-order chi connectivity index (χ0) is 15.0. The third-order valence-corrected chi connectivity index (χ3v) is 3.37. The Kier molecular flexibility index (Phi) is 3.17. The highest BCUT2D eigenvalue weighted by atomic mass is 16.5. The van der Waals surface area contributed by atoms with Gasteiger partial charge in [-0.05, 0) is 23.6 Å². The average Bonchev–Trinajstić information content (AvgIpc) is 2.94. The van der Waals surface area contributed by atoms with E-state index in [9.17, 15) is 0 Å². The van der Waals surface area contributed by atoms with Crippen LogP contribution in [-0.4, -0.2) is 20.1 Å². The van der Waals surface area contributed by atoms with Crippen LogP contribution in [0.3, 0.4) is 0 Å². The largest absolute Gasteiger partial charge is 0.334 e. The molecule has 0 saturated carbocycles. The molecule has 0 bridgehead atoms. The van der Waals surface area contributed by atoms with Gasteiger partial charge < -0.3 is 10.3 Å². The Morgan fingerprint density at radius 3 is 2.52 bits per heavy atom. The number of fused-ring (bicyclic) bond motifs is 1. The van der Waals surface area contributed by atoms with Crippen molar-refractivity contribution in [2.75, 3.05) is 0 Å². The van der Waals surface area contributed by atoms with Crippen molar-refractivity contribution in [2.24, 2.45) is 11.1 Å². The van der Waals surface area contributed by atoms with Crippen LogP contribution in [0.2, 0.25) is 0 Å². The predicted molar refractivity (Wildman–Crippen MR) is 79.2 cm³/mol. The average molecular weight is 283 g/mol. The predicted octanol–water partition coefficient (Wildman–Crippen LogP) is 2.73. The van der Waals surface area contributed by atoms with Gasteiger partial charge in [0, 0.05) is 18.0 Å². The maximum absolute atomic E-state index is 6.15. The molecule has 0 amide bonds. The monoisotopic (exact) mass is 283 g/mol. The van der Waals surface area contributed by atoms with Gasteiger partial charge in [-0.1, -0.05) is 25.9 Å². The summed E-state index contributed by atoms with van der Waals surface area (Å²) in [5.74, 6) is 0.953. The quantitative estimate of drug-likeness (QED) is 0.777. The van der Waals surface area contributed by atoms with Crippen LogP contribution >= 0.6 is 0 Å². The van der Waals surface area contributed by atoms with Crippen LogP contribution in [-0.2, 0) is 0 Å². The normalized spacial score (nSPS) is 13.5. The zero-order valence-electron chi connectivity index (χ0n) is 12.2. The van der Waals surface area contributed by atoms with Gasteiger partial charge in [-0.3, -0.25) is 9.97 Å². The molecule has 0 aliphatic rings. The van der Waals surface area contributed by atoms with Crippen molar-refractivity contribution in [3.63, 3.8) is 0 Å². The first-order chi connectivity index (χ1) is 9.95. The van der Waals surface area contributed by atoms with Gasteiger partial charge in [0.25, 0.3) is 5.89 Å². The first-order valence-corrected chi connectivity index (χ1v) is 6.75. The lowest BCUT2D eigenvalue weighted by Crippen LogP contribution is -2.27. The van der Waals surface area contributed by atoms with Gasteiger partial charge in [0.05, 0.1) is 17.1 Å². The number of hydrogen-bond acceptors (Lipinski definition) is 6. The number of rotatable bonds is 2. The topological polar surface area (TPSA) is 90.7 Å². The molecule has 0 saturated heterocycles. The van der Waals surface area contributed by atoms with E-state index in [0.29, 0.717) is 11.7 Å². The second-order valence-electron chi connectivity index (χ2n) is 6.06. The van der Waals surface area contributed by atoms with Crippen molar-refractivity contribution in [3.05, 3.63) is 36.4 Å². The molecule has 2 aromatic heterocycles. The molecule has 6 heteroatoms. The van der Waals surface area contributed by atoms with E-state index in [1.165, 1.54) is 0 Å². The number of benzene rings is 1. The van der Waals surface area contributed by atoms with Crippen molar-refractivity contribution in [1.29, 1.82) is 0 Å². The maximum atomic E-state index is 6.15. The Hall–Kier alpha value is -2.34. The van der Waals surface area contributed by atoms with Gasteiger partial charge in [0.2, 0.25) is 0 Å². The number of hydrogen-bond donors (Lipinski definition) is 1. The zero-order valence-corrected chi connectivity index (χ0v) is 12.2. The highest BCUT2D eigenvalue weighted by molar-refractivity contribution is 5.79. The van der Waals surface area contributed by atoms with Gasteiger partial charge in [0.1, 0.15) is 0 Å². The molecule has 108 valence electrons. The minimum atomic E-state index is -0.282. The minimum Gasteiger partial charge on any atom is -0.334 e. The molecule has 0 fully saturated rings. The van der Waals surface area contributed by atoms with Gasteiger partial charge in [-0.25, -0.2) is 0 Å². The van der Waals surface area contributed by atoms with E-state index >= 15 is 0 Å². The Bertz CT molecular complexity index is 775. The molecule has 2 N–H and O–H groups in total. The lowest BCUT2D eigenvalue weighted by Gasteiger charge is -2.23. The molecule has 1 aromatic carbocycles. The third-order valence-electron chi connectivity index (χ3n) is 3.37.